The van der Waals surface area contributed by atoms with Gasteiger partial charge in [-0.3, -0.25) is 4.79 Å². The second-order valence-electron chi connectivity index (χ2n) is 6.92. The van der Waals surface area contributed by atoms with E-state index in [0.717, 1.165) is 5.56 Å². The predicted molar refractivity (Wildman–Crippen MR) is 99.7 cm³/mol. The molecule has 0 aliphatic heterocycles. The molecule has 0 saturated heterocycles. The Bertz CT molecular complexity index is 577. The molecule has 0 aliphatic rings. The molecule has 6 heteroatoms. The Morgan fingerprint density at radius 3 is 2.32 bits per heavy atom. The summed E-state index contributed by atoms with van der Waals surface area (Å²) in [7, 11) is -0.0884. The van der Waals surface area contributed by atoms with Crippen molar-refractivity contribution in [3.8, 4) is 0 Å². The summed E-state index contributed by atoms with van der Waals surface area (Å²) in [6.45, 7) is 7.96. The number of hydrogen-bond acceptors (Lipinski definition) is 5. The van der Waals surface area contributed by atoms with Crippen LogP contribution in [0.1, 0.15) is 18.9 Å². The summed E-state index contributed by atoms with van der Waals surface area (Å²) in [5.41, 5.74) is 3.31. The molecule has 2 unspecified atom stereocenters. The number of carbonyl (C=O) groups is 2. The van der Waals surface area contributed by atoms with Gasteiger partial charge in [-0.15, -0.1) is 0 Å². The van der Waals surface area contributed by atoms with Crippen LogP contribution in [-0.4, -0.2) is 39.5 Å². The number of ether oxygens (including phenoxy) is 3. The van der Waals surface area contributed by atoms with Crippen molar-refractivity contribution in [3.05, 3.63) is 47.7 Å². The quantitative estimate of drug-likeness (QED) is 0.381. The first-order valence-electron chi connectivity index (χ1n) is 8.33. The van der Waals surface area contributed by atoms with Gasteiger partial charge in [0.1, 0.15) is 0 Å². The van der Waals surface area contributed by atoms with E-state index in [0.29, 0.717) is 12.8 Å². The summed E-state index contributed by atoms with van der Waals surface area (Å²) >= 11 is 0. The molecule has 1 aromatic rings. The fourth-order valence-electron chi connectivity index (χ4n) is 2.19. The van der Waals surface area contributed by atoms with Crippen molar-refractivity contribution < 1.29 is 23.8 Å². The van der Waals surface area contributed by atoms with E-state index in [-0.39, 0.29) is 6.10 Å². The number of methoxy groups -OCH3 is 1. The van der Waals surface area contributed by atoms with Gasteiger partial charge in [-0.25, -0.2) is 4.79 Å². The Labute approximate surface area is 151 Å². The lowest BCUT2D eigenvalue weighted by Gasteiger charge is -2.22. The first-order chi connectivity index (χ1) is 11.7. The Morgan fingerprint density at radius 2 is 1.80 bits per heavy atom. The molecule has 0 saturated carbocycles. The topological polar surface area (TPSA) is 61.8 Å². The minimum absolute atomic E-state index is 0.307. The molecule has 5 nitrogen and oxygen atoms in total. The van der Waals surface area contributed by atoms with Crippen molar-refractivity contribution in [1.29, 1.82) is 0 Å². The van der Waals surface area contributed by atoms with Gasteiger partial charge in [0.15, 0.2) is 0 Å². The molecule has 0 aromatic heterocycles. The number of rotatable bonds is 9. The van der Waals surface area contributed by atoms with Gasteiger partial charge in [0.05, 0.1) is 21.3 Å². The van der Waals surface area contributed by atoms with Crippen LogP contribution in [0, 0.1) is 0 Å². The zero-order chi connectivity index (χ0) is 18.9. The molecule has 0 aliphatic carbocycles. The summed E-state index contributed by atoms with van der Waals surface area (Å²) < 4.78 is 15.4. The SMILES string of the molecule is COC(=O)C(OC(C)=O)OC(C/C=C\[Si](C)(C)C)Cc1ccccc1. The average molecular weight is 365 g/mol. The van der Waals surface area contributed by atoms with E-state index in [4.69, 9.17) is 9.47 Å². The largest absolute Gasteiger partial charge is 0.464 e. The normalized spacial score (nSPS) is 14.1. The molecule has 0 spiro atoms. The van der Waals surface area contributed by atoms with Crippen LogP contribution in [0.15, 0.2) is 42.1 Å². The van der Waals surface area contributed by atoms with Gasteiger partial charge in [-0.2, -0.15) is 0 Å². The van der Waals surface area contributed by atoms with Crippen molar-refractivity contribution in [2.24, 2.45) is 0 Å². The number of hydrogen-bond donors (Lipinski definition) is 0. The smallest absolute Gasteiger partial charge is 0.376 e. The van der Waals surface area contributed by atoms with Crippen molar-refractivity contribution in [3.63, 3.8) is 0 Å². The third kappa shape index (κ3) is 9.21. The number of carbonyl (C=O) groups excluding carboxylic acids is 2. The van der Waals surface area contributed by atoms with Gasteiger partial charge in [-0.05, 0) is 18.4 Å². The second kappa shape index (κ2) is 10.2. The molecule has 2 atom stereocenters. The molecule has 138 valence electrons. The predicted octanol–water partition coefficient (Wildman–Crippen LogP) is 3.50. The molecular weight excluding hydrogens is 336 g/mol. The number of benzene rings is 1. The standard InChI is InChI=1S/C19H28O5Si/c1-15(20)23-19(18(21)22-2)24-17(12-9-13-25(3,4)5)14-16-10-7-6-8-11-16/h6-11,13,17,19H,12,14H2,1-5H3/b13-9-. The van der Waals surface area contributed by atoms with Gasteiger partial charge < -0.3 is 14.2 Å². The summed E-state index contributed by atoms with van der Waals surface area (Å²) in [5, 5.41) is 0. The van der Waals surface area contributed by atoms with E-state index in [2.05, 4.69) is 36.2 Å². The summed E-state index contributed by atoms with van der Waals surface area (Å²) in [5.74, 6) is -1.31. The lowest BCUT2D eigenvalue weighted by molar-refractivity contribution is -0.206. The summed E-state index contributed by atoms with van der Waals surface area (Å²) in [6.07, 6.45) is 1.65. The zero-order valence-electron chi connectivity index (χ0n) is 15.7. The molecule has 0 N–H and O–H groups in total. The van der Waals surface area contributed by atoms with E-state index < -0.39 is 26.3 Å². The minimum Gasteiger partial charge on any atom is -0.464 e. The van der Waals surface area contributed by atoms with Crippen LogP contribution in [0.2, 0.25) is 19.6 Å². The van der Waals surface area contributed by atoms with E-state index in [9.17, 15) is 9.59 Å². The van der Waals surface area contributed by atoms with Crippen LogP contribution >= 0.6 is 0 Å². The van der Waals surface area contributed by atoms with Crippen molar-refractivity contribution >= 4 is 20.0 Å². The van der Waals surface area contributed by atoms with Crippen LogP contribution in [0.25, 0.3) is 0 Å². The van der Waals surface area contributed by atoms with Crippen LogP contribution in [0.5, 0.6) is 0 Å². The van der Waals surface area contributed by atoms with E-state index in [1.807, 2.05) is 30.3 Å². The lowest BCUT2D eigenvalue weighted by atomic mass is 10.1. The zero-order valence-corrected chi connectivity index (χ0v) is 16.7. The highest BCUT2D eigenvalue weighted by molar-refractivity contribution is 6.80. The van der Waals surface area contributed by atoms with Gasteiger partial charge in [-0.1, -0.05) is 61.7 Å². The molecule has 25 heavy (non-hydrogen) atoms. The third-order valence-electron chi connectivity index (χ3n) is 3.31. The second-order valence-corrected chi connectivity index (χ2v) is 12.0. The summed E-state index contributed by atoms with van der Waals surface area (Å²) in [4.78, 5) is 23.1. The van der Waals surface area contributed by atoms with E-state index >= 15 is 0 Å². The lowest BCUT2D eigenvalue weighted by Crippen LogP contribution is -2.35. The molecule has 0 radical (unpaired) electrons. The summed E-state index contributed by atoms with van der Waals surface area (Å²) in [6, 6.07) is 9.85. The van der Waals surface area contributed by atoms with Crippen molar-refractivity contribution in [2.45, 2.75) is 51.8 Å². The van der Waals surface area contributed by atoms with Gasteiger partial charge in [0.2, 0.25) is 0 Å². The monoisotopic (exact) mass is 364 g/mol. The van der Waals surface area contributed by atoms with Crippen LogP contribution < -0.4 is 0 Å². The van der Waals surface area contributed by atoms with Crippen LogP contribution in [0.3, 0.4) is 0 Å². The van der Waals surface area contributed by atoms with Crippen molar-refractivity contribution in [1.82, 2.24) is 0 Å². The molecular formula is C19H28O5Si. The molecule has 0 heterocycles. The first-order valence-corrected chi connectivity index (χ1v) is 11.9. The van der Waals surface area contributed by atoms with E-state index in [1.165, 1.54) is 14.0 Å². The number of esters is 2. The maximum Gasteiger partial charge on any atom is 0.376 e. The third-order valence-corrected chi connectivity index (χ3v) is 4.54. The molecule has 1 aromatic carbocycles. The highest BCUT2D eigenvalue weighted by atomic mass is 28.3. The Balaban J connectivity index is 2.88. The molecule has 1 rings (SSSR count). The van der Waals surface area contributed by atoms with Gasteiger partial charge >= 0.3 is 18.2 Å². The van der Waals surface area contributed by atoms with Gasteiger partial charge in [0.25, 0.3) is 0 Å². The molecule has 0 fully saturated rings. The van der Waals surface area contributed by atoms with Crippen molar-refractivity contribution in [2.75, 3.05) is 7.11 Å². The molecule has 0 bridgehead atoms. The molecule has 0 amide bonds. The Kier molecular flexibility index (Phi) is 8.58. The fourth-order valence-corrected chi connectivity index (χ4v) is 3.03. The van der Waals surface area contributed by atoms with E-state index in [1.54, 1.807) is 0 Å². The maximum absolute atomic E-state index is 11.8. The Morgan fingerprint density at radius 1 is 1.16 bits per heavy atom. The average Bonchev–Trinajstić information content (AvgIpc) is 2.52. The Hall–Kier alpha value is -1.92. The van der Waals surface area contributed by atoms with Crippen LogP contribution in [0.4, 0.5) is 0 Å². The highest BCUT2D eigenvalue weighted by Crippen LogP contribution is 2.15. The van der Waals surface area contributed by atoms with Crippen LogP contribution in [-0.2, 0) is 30.2 Å². The van der Waals surface area contributed by atoms with Gasteiger partial charge in [0, 0.05) is 6.92 Å². The minimum atomic E-state index is -1.35. The maximum atomic E-state index is 11.8. The fraction of sp³-hybridized carbons (Fsp3) is 0.474. The first kappa shape index (κ1) is 21.1. The highest BCUT2D eigenvalue weighted by Gasteiger charge is 2.27.